The van der Waals surface area contributed by atoms with Gasteiger partial charge in [-0.3, -0.25) is 4.79 Å². The molecule has 0 aromatic carbocycles. The summed E-state index contributed by atoms with van der Waals surface area (Å²) < 4.78 is 0. The molecule has 0 aliphatic rings. The SMILES string of the molecule is CCCCCCCCCC(=O)Nc1sc(C)c(C)c1C#N. The second-order valence-electron chi connectivity index (χ2n) is 5.52. The van der Waals surface area contributed by atoms with Gasteiger partial charge in [-0.05, 0) is 25.8 Å². The lowest BCUT2D eigenvalue weighted by Gasteiger charge is -2.04. The van der Waals surface area contributed by atoms with Crippen molar-refractivity contribution in [3.63, 3.8) is 0 Å². The fourth-order valence-corrected chi connectivity index (χ4v) is 3.31. The lowest BCUT2D eigenvalue weighted by Crippen LogP contribution is -2.10. The van der Waals surface area contributed by atoms with Crippen LogP contribution in [0.25, 0.3) is 0 Å². The van der Waals surface area contributed by atoms with Gasteiger partial charge < -0.3 is 5.32 Å². The molecule has 0 atom stereocenters. The van der Waals surface area contributed by atoms with Crippen molar-refractivity contribution >= 4 is 22.2 Å². The van der Waals surface area contributed by atoms with Crippen LogP contribution in [0.4, 0.5) is 5.00 Å². The van der Waals surface area contributed by atoms with Crippen molar-refractivity contribution in [1.29, 1.82) is 5.26 Å². The average molecular weight is 306 g/mol. The molecule has 116 valence electrons. The van der Waals surface area contributed by atoms with Crippen molar-refractivity contribution < 1.29 is 4.79 Å². The minimum atomic E-state index is 0.0290. The monoisotopic (exact) mass is 306 g/mol. The van der Waals surface area contributed by atoms with Crippen LogP contribution in [0.15, 0.2) is 0 Å². The third-order valence-electron chi connectivity index (χ3n) is 3.76. The fourth-order valence-electron chi connectivity index (χ4n) is 2.28. The van der Waals surface area contributed by atoms with Crippen LogP contribution in [-0.4, -0.2) is 5.91 Å². The van der Waals surface area contributed by atoms with E-state index < -0.39 is 0 Å². The molecule has 0 unspecified atom stereocenters. The Labute approximate surface area is 132 Å². The van der Waals surface area contributed by atoms with Crippen LogP contribution in [0.1, 0.15) is 74.3 Å². The zero-order chi connectivity index (χ0) is 15.7. The van der Waals surface area contributed by atoms with Crippen molar-refractivity contribution in [3.8, 4) is 6.07 Å². The second kappa shape index (κ2) is 9.57. The van der Waals surface area contributed by atoms with E-state index in [4.69, 9.17) is 5.26 Å². The van der Waals surface area contributed by atoms with Gasteiger partial charge in [-0.1, -0.05) is 45.4 Å². The van der Waals surface area contributed by atoms with Gasteiger partial charge in [-0.15, -0.1) is 11.3 Å². The maximum Gasteiger partial charge on any atom is 0.225 e. The third kappa shape index (κ3) is 5.89. The first-order valence-corrected chi connectivity index (χ1v) is 8.71. The topological polar surface area (TPSA) is 52.9 Å². The third-order valence-corrected chi connectivity index (χ3v) is 4.88. The van der Waals surface area contributed by atoms with E-state index in [1.807, 2.05) is 13.8 Å². The van der Waals surface area contributed by atoms with Gasteiger partial charge in [0.25, 0.3) is 0 Å². The molecule has 0 aliphatic carbocycles. The van der Waals surface area contributed by atoms with Crippen LogP contribution >= 0.6 is 11.3 Å². The molecule has 1 amide bonds. The Morgan fingerprint density at radius 3 is 2.38 bits per heavy atom. The number of nitrogens with one attached hydrogen (secondary N) is 1. The lowest BCUT2D eigenvalue weighted by molar-refractivity contribution is -0.116. The van der Waals surface area contributed by atoms with E-state index in [0.29, 0.717) is 17.0 Å². The predicted octanol–water partition coefficient (Wildman–Crippen LogP) is 5.32. The predicted molar refractivity (Wildman–Crippen MR) is 89.7 cm³/mol. The van der Waals surface area contributed by atoms with Gasteiger partial charge in [0.05, 0.1) is 5.56 Å². The van der Waals surface area contributed by atoms with Crippen LogP contribution in [0.5, 0.6) is 0 Å². The first-order valence-electron chi connectivity index (χ1n) is 7.90. The molecule has 1 rings (SSSR count). The number of nitriles is 1. The standard InChI is InChI=1S/C17H26N2OS/c1-4-5-6-7-8-9-10-11-16(20)19-17-15(12-18)13(2)14(3)21-17/h4-11H2,1-3H3,(H,19,20). The average Bonchev–Trinajstić information content (AvgIpc) is 2.72. The molecule has 3 nitrogen and oxygen atoms in total. The quantitative estimate of drug-likeness (QED) is 0.628. The molecule has 1 N–H and O–H groups in total. The van der Waals surface area contributed by atoms with E-state index in [9.17, 15) is 4.79 Å². The lowest BCUT2D eigenvalue weighted by atomic mass is 10.1. The molecule has 0 radical (unpaired) electrons. The van der Waals surface area contributed by atoms with E-state index in [-0.39, 0.29) is 5.91 Å². The highest BCUT2D eigenvalue weighted by Crippen LogP contribution is 2.31. The van der Waals surface area contributed by atoms with Gasteiger partial charge >= 0.3 is 0 Å². The Morgan fingerprint density at radius 2 is 1.76 bits per heavy atom. The Balaban J connectivity index is 2.29. The summed E-state index contributed by atoms with van der Waals surface area (Å²) in [6.45, 7) is 6.12. The number of rotatable bonds is 9. The largest absolute Gasteiger partial charge is 0.317 e. The highest BCUT2D eigenvalue weighted by atomic mass is 32.1. The molecule has 1 heterocycles. The minimum absolute atomic E-state index is 0.0290. The summed E-state index contributed by atoms with van der Waals surface area (Å²) in [6.07, 6.45) is 8.98. The number of aryl methyl sites for hydroxylation is 1. The second-order valence-corrected chi connectivity index (χ2v) is 6.74. The summed E-state index contributed by atoms with van der Waals surface area (Å²) in [5.41, 5.74) is 1.60. The van der Waals surface area contributed by atoms with Crippen molar-refractivity contribution in [2.45, 2.75) is 72.1 Å². The molecule has 0 spiro atoms. The molecular formula is C17H26N2OS. The molecule has 1 aromatic heterocycles. The highest BCUT2D eigenvalue weighted by molar-refractivity contribution is 7.16. The van der Waals surface area contributed by atoms with Crippen LogP contribution in [0, 0.1) is 25.2 Å². The molecule has 0 saturated heterocycles. The summed E-state index contributed by atoms with van der Waals surface area (Å²) in [4.78, 5) is 13.0. The van der Waals surface area contributed by atoms with Crippen LogP contribution < -0.4 is 5.32 Å². The molecule has 0 fully saturated rings. The highest BCUT2D eigenvalue weighted by Gasteiger charge is 2.14. The Hall–Kier alpha value is -1.34. The number of anilines is 1. The van der Waals surface area contributed by atoms with E-state index >= 15 is 0 Å². The van der Waals surface area contributed by atoms with E-state index in [1.54, 1.807) is 0 Å². The summed E-state index contributed by atoms with van der Waals surface area (Å²) in [5.74, 6) is 0.0290. The van der Waals surface area contributed by atoms with Gasteiger partial charge in [0.1, 0.15) is 11.1 Å². The van der Waals surface area contributed by atoms with Crippen LogP contribution in [0.2, 0.25) is 0 Å². The van der Waals surface area contributed by atoms with Crippen LogP contribution in [-0.2, 0) is 4.79 Å². The number of hydrogen-bond donors (Lipinski definition) is 1. The van der Waals surface area contributed by atoms with E-state index in [1.165, 1.54) is 43.4 Å². The normalized spacial score (nSPS) is 10.4. The Kier molecular flexibility index (Phi) is 8.07. The van der Waals surface area contributed by atoms with Gasteiger partial charge in [0, 0.05) is 11.3 Å². The van der Waals surface area contributed by atoms with Gasteiger partial charge in [0.15, 0.2) is 0 Å². The number of hydrogen-bond acceptors (Lipinski definition) is 3. The molecule has 4 heteroatoms. The van der Waals surface area contributed by atoms with E-state index in [0.717, 1.165) is 23.3 Å². The minimum Gasteiger partial charge on any atom is -0.317 e. The Morgan fingerprint density at radius 1 is 1.14 bits per heavy atom. The molecule has 21 heavy (non-hydrogen) atoms. The first-order chi connectivity index (χ1) is 10.1. The molecule has 0 bridgehead atoms. The van der Waals surface area contributed by atoms with Crippen LogP contribution in [0.3, 0.4) is 0 Å². The molecular weight excluding hydrogens is 280 g/mol. The van der Waals surface area contributed by atoms with Crippen molar-refractivity contribution in [2.24, 2.45) is 0 Å². The molecule has 1 aromatic rings. The maximum atomic E-state index is 11.9. The number of nitrogens with zero attached hydrogens (tertiary/aromatic N) is 1. The fraction of sp³-hybridized carbons (Fsp3) is 0.647. The first kappa shape index (κ1) is 17.7. The zero-order valence-electron chi connectivity index (χ0n) is 13.4. The number of carbonyl (C=O) groups is 1. The number of unbranched alkanes of at least 4 members (excludes halogenated alkanes) is 6. The van der Waals surface area contributed by atoms with Crippen molar-refractivity contribution in [3.05, 3.63) is 16.0 Å². The summed E-state index contributed by atoms with van der Waals surface area (Å²) in [6, 6.07) is 2.18. The van der Waals surface area contributed by atoms with Crippen molar-refractivity contribution in [1.82, 2.24) is 0 Å². The van der Waals surface area contributed by atoms with E-state index in [2.05, 4.69) is 18.3 Å². The maximum absolute atomic E-state index is 11.9. The van der Waals surface area contributed by atoms with Gasteiger partial charge in [0.2, 0.25) is 5.91 Å². The number of thiophene rings is 1. The summed E-state index contributed by atoms with van der Waals surface area (Å²) in [5, 5.41) is 12.7. The summed E-state index contributed by atoms with van der Waals surface area (Å²) in [7, 11) is 0. The van der Waals surface area contributed by atoms with Gasteiger partial charge in [-0.25, -0.2) is 0 Å². The smallest absolute Gasteiger partial charge is 0.225 e. The molecule has 0 aliphatic heterocycles. The zero-order valence-corrected chi connectivity index (χ0v) is 14.2. The van der Waals surface area contributed by atoms with Crippen molar-refractivity contribution in [2.75, 3.05) is 5.32 Å². The van der Waals surface area contributed by atoms with Gasteiger partial charge in [-0.2, -0.15) is 5.26 Å². The summed E-state index contributed by atoms with van der Waals surface area (Å²) >= 11 is 1.49. The number of amides is 1. The number of carbonyl (C=O) groups excluding carboxylic acids is 1. The Bertz CT molecular complexity index is 500. The molecule has 0 saturated carbocycles.